The quantitative estimate of drug-likeness (QED) is 0.105. The molecule has 0 saturated carbocycles. The second-order valence-corrected chi connectivity index (χ2v) is 18.3. The van der Waals surface area contributed by atoms with E-state index in [1.807, 2.05) is 11.3 Å². The van der Waals surface area contributed by atoms with Crippen LogP contribution in [0, 0.1) is 17.8 Å². The lowest BCUT2D eigenvalue weighted by Gasteiger charge is -2.33. The summed E-state index contributed by atoms with van der Waals surface area (Å²) in [6.07, 6.45) is 31.7. The van der Waals surface area contributed by atoms with Gasteiger partial charge in [0.25, 0.3) is 0 Å². The summed E-state index contributed by atoms with van der Waals surface area (Å²) in [6.45, 7) is 2.26. The topological polar surface area (TPSA) is 76.1 Å². The highest BCUT2D eigenvalue weighted by atomic mass is 32.1. The van der Waals surface area contributed by atoms with Gasteiger partial charge in [-0.1, -0.05) is 176 Å². The SMILES string of the molecule is CC(NC(C=C(N)C1C=CC=CC1)C1=CC(C2=Cc3ccccc3C(=C(c3ccccc3)C(N)C3C=CC=CC3)N2)CC=C1)c1ccc(-c2ccc3c(c2)sc2ccccc23)cc1. The minimum Gasteiger partial charge on any atom is -0.402 e. The zero-order valence-corrected chi connectivity index (χ0v) is 36.5. The maximum atomic E-state index is 7.31. The molecule has 5 aromatic carbocycles. The van der Waals surface area contributed by atoms with E-state index in [-0.39, 0.29) is 35.9 Å². The average molecular weight is 839 g/mol. The van der Waals surface area contributed by atoms with Gasteiger partial charge in [0, 0.05) is 66.6 Å². The fourth-order valence-corrected chi connectivity index (χ4v) is 10.8. The van der Waals surface area contributed by atoms with E-state index in [2.05, 4.69) is 218 Å². The molecule has 3 aliphatic carbocycles. The molecule has 4 nitrogen and oxygen atoms in total. The van der Waals surface area contributed by atoms with Crippen LogP contribution in [0.4, 0.5) is 0 Å². The Morgan fingerprint density at radius 3 is 2.30 bits per heavy atom. The van der Waals surface area contributed by atoms with Gasteiger partial charge >= 0.3 is 0 Å². The largest absolute Gasteiger partial charge is 0.402 e. The molecule has 6 aromatic rings. The molecule has 6 unspecified atom stereocenters. The average Bonchev–Trinajstić information content (AvgIpc) is 3.73. The van der Waals surface area contributed by atoms with E-state index < -0.39 is 0 Å². The number of hydrogen-bond acceptors (Lipinski definition) is 5. The van der Waals surface area contributed by atoms with E-state index >= 15 is 0 Å². The molecule has 0 radical (unpaired) electrons. The van der Waals surface area contributed by atoms with Crippen LogP contribution < -0.4 is 22.1 Å². The molecular weight excluding hydrogens is 785 g/mol. The summed E-state index contributed by atoms with van der Waals surface area (Å²) in [5.74, 6) is 0.472. The molecule has 1 aliphatic heterocycles. The van der Waals surface area contributed by atoms with Gasteiger partial charge < -0.3 is 22.1 Å². The molecule has 0 fully saturated rings. The van der Waals surface area contributed by atoms with E-state index in [9.17, 15) is 0 Å². The molecule has 6 atom stereocenters. The molecule has 0 amide bonds. The van der Waals surface area contributed by atoms with Gasteiger partial charge in [-0.25, -0.2) is 0 Å². The fourth-order valence-electron chi connectivity index (χ4n) is 9.63. The van der Waals surface area contributed by atoms with Crippen molar-refractivity contribution < 1.29 is 0 Å². The van der Waals surface area contributed by atoms with Crippen LogP contribution in [0.5, 0.6) is 0 Å². The van der Waals surface area contributed by atoms with Gasteiger partial charge in [-0.2, -0.15) is 0 Å². The third-order valence-corrected chi connectivity index (χ3v) is 14.3. The van der Waals surface area contributed by atoms with Crippen LogP contribution in [-0.4, -0.2) is 12.1 Å². The van der Waals surface area contributed by atoms with Crippen molar-refractivity contribution in [3.63, 3.8) is 0 Å². The molecule has 0 saturated heterocycles. The number of nitrogens with two attached hydrogens (primary N) is 2. The van der Waals surface area contributed by atoms with E-state index in [0.29, 0.717) is 0 Å². The summed E-state index contributed by atoms with van der Waals surface area (Å²) in [4.78, 5) is 0. The highest BCUT2D eigenvalue weighted by molar-refractivity contribution is 7.25. The number of fused-ring (bicyclic) bond motifs is 4. The lowest BCUT2D eigenvalue weighted by atomic mass is 9.81. The molecular formula is C58H54N4S. The first-order valence-corrected chi connectivity index (χ1v) is 23.2. The van der Waals surface area contributed by atoms with Crippen molar-refractivity contribution in [1.29, 1.82) is 0 Å². The Bertz CT molecular complexity index is 2930. The first kappa shape index (κ1) is 40.6. The first-order chi connectivity index (χ1) is 31.0. The van der Waals surface area contributed by atoms with Gasteiger partial charge in [0.1, 0.15) is 0 Å². The van der Waals surface area contributed by atoms with Crippen LogP contribution in [0.15, 0.2) is 211 Å². The van der Waals surface area contributed by atoms with Gasteiger partial charge in [0.15, 0.2) is 0 Å². The van der Waals surface area contributed by atoms with Crippen molar-refractivity contribution in [2.45, 2.75) is 44.3 Å². The number of hydrogen-bond donors (Lipinski definition) is 4. The Balaban J connectivity index is 0.964. The Kier molecular flexibility index (Phi) is 11.6. The van der Waals surface area contributed by atoms with Gasteiger partial charge in [-0.15, -0.1) is 11.3 Å². The lowest BCUT2D eigenvalue weighted by molar-refractivity contribution is 0.543. The summed E-state index contributed by atoms with van der Waals surface area (Å²) in [6, 6.07) is 43.7. The van der Waals surface area contributed by atoms with Crippen LogP contribution >= 0.6 is 11.3 Å². The maximum absolute atomic E-state index is 7.31. The van der Waals surface area contributed by atoms with Crippen LogP contribution in [0.25, 0.3) is 48.6 Å². The second-order valence-electron chi connectivity index (χ2n) is 17.2. The third kappa shape index (κ3) is 8.53. The highest BCUT2D eigenvalue weighted by Gasteiger charge is 2.30. The number of benzene rings is 5. The van der Waals surface area contributed by atoms with Gasteiger partial charge in [0.2, 0.25) is 0 Å². The predicted octanol–water partition coefficient (Wildman–Crippen LogP) is 13.2. The number of nitrogens with one attached hydrogen (secondary N) is 2. The summed E-state index contributed by atoms with van der Waals surface area (Å²) < 4.78 is 2.65. The molecule has 0 spiro atoms. The molecule has 2 heterocycles. The molecule has 4 aliphatic rings. The Morgan fingerprint density at radius 2 is 1.49 bits per heavy atom. The lowest BCUT2D eigenvalue weighted by Crippen LogP contribution is -2.35. The molecule has 312 valence electrons. The monoisotopic (exact) mass is 838 g/mol. The zero-order valence-electron chi connectivity index (χ0n) is 35.7. The van der Waals surface area contributed by atoms with E-state index in [1.165, 1.54) is 59.3 Å². The van der Waals surface area contributed by atoms with Gasteiger partial charge in [-0.05, 0) is 89.8 Å². The number of allylic oxidation sites excluding steroid dienone is 9. The van der Waals surface area contributed by atoms with Crippen LogP contribution in [-0.2, 0) is 0 Å². The van der Waals surface area contributed by atoms with Crippen molar-refractivity contribution in [1.82, 2.24) is 10.6 Å². The van der Waals surface area contributed by atoms with Gasteiger partial charge in [0.05, 0.1) is 11.7 Å². The Morgan fingerprint density at radius 1 is 0.746 bits per heavy atom. The van der Waals surface area contributed by atoms with Crippen LogP contribution in [0.2, 0.25) is 0 Å². The minimum atomic E-state index is -0.202. The summed E-state index contributed by atoms with van der Waals surface area (Å²) >= 11 is 1.86. The van der Waals surface area contributed by atoms with E-state index in [4.69, 9.17) is 11.5 Å². The van der Waals surface area contributed by atoms with Gasteiger partial charge in [-0.3, -0.25) is 0 Å². The highest BCUT2D eigenvalue weighted by Crippen LogP contribution is 2.40. The van der Waals surface area contributed by atoms with Crippen molar-refractivity contribution in [2.24, 2.45) is 29.2 Å². The normalized spacial score (nSPS) is 21.7. The van der Waals surface area contributed by atoms with Crippen molar-refractivity contribution in [2.75, 3.05) is 0 Å². The van der Waals surface area contributed by atoms with Crippen LogP contribution in [0.3, 0.4) is 0 Å². The molecule has 0 bridgehead atoms. The number of thiophene rings is 1. The molecule has 10 rings (SSSR count). The van der Waals surface area contributed by atoms with E-state index in [0.717, 1.165) is 41.8 Å². The molecule has 63 heavy (non-hydrogen) atoms. The Labute approximate surface area is 375 Å². The van der Waals surface area contributed by atoms with E-state index in [1.54, 1.807) is 0 Å². The number of rotatable bonds is 11. The minimum absolute atomic E-state index is 0.0571. The zero-order chi connectivity index (χ0) is 42.7. The van der Waals surface area contributed by atoms with Crippen molar-refractivity contribution >= 4 is 48.9 Å². The maximum Gasteiger partial charge on any atom is 0.0527 e. The smallest absolute Gasteiger partial charge is 0.0527 e. The molecule has 6 N–H and O–H groups in total. The third-order valence-electron chi connectivity index (χ3n) is 13.1. The standard InChI is InChI=1S/C58H54N4S/c1-38(39-28-30-40(31-29-39)44-32-33-50-49-26-13-14-27-54(49)63-55(50)36-44)61-53(37-51(59)41-16-5-2-6-17-41)47-24-15-23-46(34-47)52-35-45-22-11-12-25-48(45)58(62-52)56(42-18-7-3-8-19-42)57(60)43-20-9-4-10-21-43/h2-16,18-20,22,24-38,41,43,46,53,57,61-62H,17,21,23,59-60H2,1H3. The second kappa shape index (κ2) is 18.1. The molecule has 5 heteroatoms. The summed E-state index contributed by atoms with van der Waals surface area (Å²) in [5.41, 5.74) is 27.0. The molecule has 1 aromatic heterocycles. The fraction of sp³-hybridized carbons (Fsp3) is 0.172. The Hall–Kier alpha value is -6.50. The van der Waals surface area contributed by atoms with Crippen molar-refractivity contribution in [3.05, 3.63) is 233 Å². The van der Waals surface area contributed by atoms with Crippen LogP contribution in [0.1, 0.15) is 54.5 Å². The first-order valence-electron chi connectivity index (χ1n) is 22.4. The summed E-state index contributed by atoms with van der Waals surface area (Å²) in [5, 5.41) is 10.7. The summed E-state index contributed by atoms with van der Waals surface area (Å²) in [7, 11) is 0. The predicted molar refractivity (Wildman–Crippen MR) is 269 cm³/mol. The van der Waals surface area contributed by atoms with Crippen molar-refractivity contribution in [3.8, 4) is 11.1 Å².